The molecule has 0 aromatic carbocycles. The van der Waals surface area contributed by atoms with Gasteiger partial charge in [-0.3, -0.25) is 14.4 Å². The van der Waals surface area contributed by atoms with Crippen LogP contribution in [0.1, 0.15) is 67.2 Å². The lowest BCUT2D eigenvalue weighted by atomic mass is 9.80. The number of rotatable bonds is 9. The maximum Gasteiger partial charge on any atom is 0.408 e. The molecule has 0 aromatic heterocycles. The molecule has 0 saturated carbocycles. The van der Waals surface area contributed by atoms with E-state index in [0.717, 1.165) is 0 Å². The number of cyclic esters (lactones) is 1. The molecular weight excluding hydrogens is 616 g/mol. The van der Waals surface area contributed by atoms with Crippen molar-refractivity contribution in [2.45, 2.75) is 127 Å². The number of Topliss-reactive ketones (excluding diaryl/α,β-unsaturated/α-hetero) is 1. The van der Waals surface area contributed by atoms with E-state index in [9.17, 15) is 24.3 Å². The summed E-state index contributed by atoms with van der Waals surface area (Å²) in [5.74, 6) is -3.14. The van der Waals surface area contributed by atoms with E-state index in [1.165, 1.54) is 7.11 Å². The van der Waals surface area contributed by atoms with Gasteiger partial charge in [0.05, 0.1) is 30.4 Å². The first-order chi connectivity index (χ1) is 21.9. The van der Waals surface area contributed by atoms with Gasteiger partial charge in [-0.15, -0.1) is 0 Å². The molecule has 3 aliphatic heterocycles. The summed E-state index contributed by atoms with van der Waals surface area (Å²) in [7, 11) is 5.17. The van der Waals surface area contributed by atoms with Crippen LogP contribution in [0.4, 0.5) is 4.79 Å². The summed E-state index contributed by atoms with van der Waals surface area (Å²) in [6.45, 7) is 11.5. The topological polar surface area (TPSA) is 194 Å². The number of fused-ring (bicyclic) bond motifs is 1. The number of carbonyl (C=O) groups excluding carboxylic acids is 3. The van der Waals surface area contributed by atoms with Crippen molar-refractivity contribution in [3.63, 3.8) is 0 Å². The number of hydrogen-bond donors (Lipinski definition) is 5. The first-order valence-corrected chi connectivity index (χ1v) is 16.5. The van der Waals surface area contributed by atoms with E-state index in [4.69, 9.17) is 28.8 Å². The van der Waals surface area contributed by atoms with Gasteiger partial charge in [0.25, 0.3) is 0 Å². The molecule has 5 N–H and O–H groups in total. The molecule has 0 radical (unpaired) electrons. The third-order valence-corrected chi connectivity index (χ3v) is 9.97. The summed E-state index contributed by atoms with van der Waals surface area (Å²) in [6, 6.07) is -1.17. The molecule has 47 heavy (non-hydrogen) atoms. The van der Waals surface area contributed by atoms with Gasteiger partial charge in [-0.1, -0.05) is 20.8 Å². The number of carbonyl (C=O) groups is 4. The van der Waals surface area contributed by atoms with E-state index in [0.29, 0.717) is 25.8 Å². The van der Waals surface area contributed by atoms with Crippen LogP contribution in [0.2, 0.25) is 0 Å². The lowest BCUT2D eigenvalue weighted by Crippen LogP contribution is -2.60. The average molecular weight is 673 g/mol. The Bertz CT molecular complexity index is 1110. The summed E-state index contributed by atoms with van der Waals surface area (Å²) in [4.78, 5) is 52.4. The van der Waals surface area contributed by atoms with Gasteiger partial charge in [-0.25, -0.2) is 4.79 Å². The summed E-state index contributed by atoms with van der Waals surface area (Å²) >= 11 is 0. The number of alkyl carbamates (subject to hydrolysis) is 1. The van der Waals surface area contributed by atoms with Crippen LogP contribution in [0.15, 0.2) is 0 Å². The molecule has 1 amide bonds. The number of ether oxygens (including phenoxy) is 5. The Balaban J connectivity index is 1.96. The Morgan fingerprint density at radius 2 is 1.85 bits per heavy atom. The summed E-state index contributed by atoms with van der Waals surface area (Å²) < 4.78 is 30.4. The minimum absolute atomic E-state index is 0.0234. The zero-order chi connectivity index (χ0) is 35.3. The molecule has 15 nitrogen and oxygen atoms in total. The molecule has 0 bridgehead atoms. The Labute approximate surface area is 277 Å². The molecule has 3 heterocycles. The third-order valence-electron chi connectivity index (χ3n) is 9.97. The van der Waals surface area contributed by atoms with Gasteiger partial charge in [0.2, 0.25) is 0 Å². The maximum atomic E-state index is 13.8. The lowest BCUT2D eigenvalue weighted by molar-refractivity contribution is -0.296. The Kier molecular flexibility index (Phi) is 13.6. The van der Waals surface area contributed by atoms with Crippen LogP contribution in [0.5, 0.6) is 0 Å². The number of amides is 1. The van der Waals surface area contributed by atoms with Crippen LogP contribution in [-0.4, -0.2) is 140 Å². The third kappa shape index (κ3) is 9.40. The number of likely N-dealkylation sites (N-methyl/N-ethyl adjacent to an activating group) is 1. The van der Waals surface area contributed by atoms with Crippen molar-refractivity contribution in [3.8, 4) is 0 Å². The zero-order valence-electron chi connectivity index (χ0n) is 29.2. The Hall–Kier alpha value is -2.40. The van der Waals surface area contributed by atoms with Crippen molar-refractivity contribution in [2.75, 3.05) is 40.8 Å². The van der Waals surface area contributed by atoms with E-state index >= 15 is 0 Å². The second-order valence-corrected chi connectivity index (χ2v) is 14.0. The van der Waals surface area contributed by atoms with Crippen molar-refractivity contribution in [1.29, 1.82) is 0 Å². The number of aliphatic hydroxyl groups is 1. The van der Waals surface area contributed by atoms with Gasteiger partial charge in [0.15, 0.2) is 11.9 Å². The van der Waals surface area contributed by atoms with E-state index < -0.39 is 84.1 Å². The summed E-state index contributed by atoms with van der Waals surface area (Å²) in [5.41, 5.74) is -2.26. The molecule has 3 aliphatic rings. The highest BCUT2D eigenvalue weighted by atomic mass is 16.7. The van der Waals surface area contributed by atoms with E-state index in [1.807, 2.05) is 46.7 Å². The van der Waals surface area contributed by atoms with Crippen LogP contribution in [-0.2, 0) is 38.1 Å². The van der Waals surface area contributed by atoms with E-state index in [1.54, 1.807) is 13.8 Å². The minimum Gasteiger partial charge on any atom is -0.480 e. The van der Waals surface area contributed by atoms with Crippen LogP contribution in [0.3, 0.4) is 0 Å². The predicted molar refractivity (Wildman–Crippen MR) is 170 cm³/mol. The standard InChI is InChI=1S/C32H56N4O11/c1-10-23-32(6)27(35-30(42)47-32)19(4)34-14-17(2)13-31(5,43-9)28(18(3)22(37)12-25(40)45-23)46-29-26(41)21(36(7)8)11-20(44-29)15-33-16-24(38)39/h17-21,23,26-29,33-34,41H,10-16H2,1-9H3,(H,35,42)(H,38,39)/t17-,18+,19-,20?,21?,23-,26?,27-,28-,29+,31-,32-/m1/s1. The number of carboxylic acids is 1. The van der Waals surface area contributed by atoms with Gasteiger partial charge >= 0.3 is 18.0 Å². The number of aliphatic carboxylic acids is 1. The fraction of sp³-hybridized carbons (Fsp3) is 0.875. The molecule has 0 spiro atoms. The Morgan fingerprint density at radius 3 is 2.45 bits per heavy atom. The van der Waals surface area contributed by atoms with E-state index in [-0.39, 0.29) is 31.1 Å². The maximum absolute atomic E-state index is 13.8. The first kappa shape index (κ1) is 39.0. The van der Waals surface area contributed by atoms with Crippen LogP contribution >= 0.6 is 0 Å². The second-order valence-electron chi connectivity index (χ2n) is 14.0. The fourth-order valence-corrected chi connectivity index (χ4v) is 7.26. The first-order valence-electron chi connectivity index (χ1n) is 16.5. The molecule has 15 heteroatoms. The van der Waals surface area contributed by atoms with Crippen molar-refractivity contribution in [2.24, 2.45) is 11.8 Å². The molecular formula is C32H56N4O11. The normalized spacial score (nSPS) is 40.9. The van der Waals surface area contributed by atoms with Crippen molar-refractivity contribution in [1.82, 2.24) is 20.9 Å². The second kappa shape index (κ2) is 16.3. The van der Waals surface area contributed by atoms with Gasteiger partial charge in [0, 0.05) is 31.7 Å². The monoisotopic (exact) mass is 672 g/mol. The van der Waals surface area contributed by atoms with Crippen molar-refractivity contribution < 1.29 is 53.1 Å². The highest BCUT2D eigenvalue weighted by molar-refractivity contribution is 5.97. The SMILES string of the molecule is CC[C@H]1OC(=O)CC(=O)[C@H](C)[C@@H](O[C@@H]2OC(CNCC(=O)O)CC(N(C)C)C2O)[C@](C)(OC)C[C@@H](C)CN[C@H](C)[C@H]2NC(=O)O[C@@]21C. The quantitative estimate of drug-likeness (QED) is 0.169. The number of hydrogen-bond acceptors (Lipinski definition) is 13. The molecule has 3 saturated heterocycles. The number of ketones is 1. The minimum atomic E-state index is -1.19. The fourth-order valence-electron chi connectivity index (χ4n) is 7.26. The lowest BCUT2D eigenvalue weighted by Gasteiger charge is -2.47. The number of methoxy groups -OCH3 is 1. The number of esters is 1. The average Bonchev–Trinajstić information content (AvgIpc) is 3.31. The van der Waals surface area contributed by atoms with Gasteiger partial charge in [-0.2, -0.15) is 0 Å². The van der Waals surface area contributed by atoms with Crippen LogP contribution < -0.4 is 16.0 Å². The summed E-state index contributed by atoms with van der Waals surface area (Å²) in [6.07, 6.45) is -4.54. The van der Waals surface area contributed by atoms with E-state index in [2.05, 4.69) is 16.0 Å². The number of aliphatic hydroxyl groups excluding tert-OH is 1. The van der Waals surface area contributed by atoms with Crippen molar-refractivity contribution >= 4 is 23.8 Å². The number of carboxylic acid groups (broad SMARTS) is 1. The predicted octanol–water partition coefficient (Wildman–Crippen LogP) is 0.659. The smallest absolute Gasteiger partial charge is 0.408 e. The van der Waals surface area contributed by atoms with Crippen molar-refractivity contribution in [3.05, 3.63) is 0 Å². The molecule has 3 fully saturated rings. The Morgan fingerprint density at radius 1 is 1.17 bits per heavy atom. The van der Waals surface area contributed by atoms with Gasteiger partial charge in [0.1, 0.15) is 24.4 Å². The van der Waals surface area contributed by atoms with Gasteiger partial charge in [-0.05, 0) is 66.6 Å². The molecule has 12 atom stereocenters. The molecule has 0 aromatic rings. The van der Waals surface area contributed by atoms with Crippen LogP contribution in [0, 0.1) is 11.8 Å². The molecule has 270 valence electrons. The number of nitrogens with one attached hydrogen (secondary N) is 3. The molecule has 0 aliphatic carbocycles. The highest BCUT2D eigenvalue weighted by Crippen LogP contribution is 2.37. The highest BCUT2D eigenvalue weighted by Gasteiger charge is 2.55. The molecule has 3 unspecified atom stereocenters. The largest absolute Gasteiger partial charge is 0.480 e. The number of nitrogens with zero attached hydrogens (tertiary/aromatic N) is 1. The van der Waals surface area contributed by atoms with Crippen LogP contribution in [0.25, 0.3) is 0 Å². The zero-order valence-corrected chi connectivity index (χ0v) is 29.2. The summed E-state index contributed by atoms with van der Waals surface area (Å²) in [5, 5.41) is 29.7. The van der Waals surface area contributed by atoms with Gasteiger partial charge < -0.3 is 54.7 Å². The molecule has 3 rings (SSSR count).